The van der Waals surface area contributed by atoms with Crippen molar-refractivity contribution in [3.63, 3.8) is 0 Å². The lowest BCUT2D eigenvalue weighted by Crippen LogP contribution is -2.22. The summed E-state index contributed by atoms with van der Waals surface area (Å²) in [7, 11) is 0. The average molecular weight is 337 g/mol. The largest absolute Gasteiger partial charge is 0.433 e. The van der Waals surface area contributed by atoms with Crippen LogP contribution in [-0.2, 0) is 0 Å². The third kappa shape index (κ3) is 5.16. The zero-order valence-electron chi connectivity index (χ0n) is 9.36. The molecule has 0 radical (unpaired) electrons. The fraction of sp³-hybridized carbons (Fsp3) is 0.200. The van der Waals surface area contributed by atoms with Crippen molar-refractivity contribution in [1.29, 1.82) is 0 Å². The first-order valence-corrected chi connectivity index (χ1v) is 5.65. The van der Waals surface area contributed by atoms with Crippen LogP contribution in [0.1, 0.15) is 0 Å². The quantitative estimate of drug-likeness (QED) is 0.677. The van der Waals surface area contributed by atoms with Crippen LogP contribution in [0.3, 0.4) is 0 Å². The topological polar surface area (TPSA) is 80.7 Å². The molecule has 2 N–H and O–H groups in total. The lowest BCUT2D eigenvalue weighted by Gasteiger charge is -2.07. The molecule has 1 heterocycles. The van der Waals surface area contributed by atoms with E-state index in [1.165, 1.54) is 18.3 Å². The summed E-state index contributed by atoms with van der Waals surface area (Å²) in [5.41, 5.74) is 3.64. The van der Waals surface area contributed by atoms with Crippen LogP contribution in [0.4, 0.5) is 19.0 Å². The zero-order valence-corrected chi connectivity index (χ0v) is 10.9. The molecule has 0 bridgehead atoms. The van der Waals surface area contributed by atoms with E-state index >= 15 is 0 Å². The lowest BCUT2D eigenvalue weighted by atomic mass is 10.3. The maximum atomic E-state index is 12.7. The van der Waals surface area contributed by atoms with Crippen molar-refractivity contribution in [1.82, 2.24) is 4.98 Å². The van der Waals surface area contributed by atoms with Gasteiger partial charge in [0.2, 0.25) is 0 Å². The number of halogens is 4. The van der Waals surface area contributed by atoms with Gasteiger partial charge in [-0.1, -0.05) is 5.18 Å². The van der Waals surface area contributed by atoms with Gasteiger partial charge in [-0.25, -0.2) is 9.98 Å². The summed E-state index contributed by atoms with van der Waals surface area (Å²) in [6.07, 6.45) is -2.83. The van der Waals surface area contributed by atoms with Gasteiger partial charge in [0, 0.05) is 16.4 Å². The zero-order chi connectivity index (χ0) is 14.5. The molecule has 0 aliphatic rings. The van der Waals surface area contributed by atoms with Crippen LogP contribution in [0.25, 0.3) is 0 Å². The van der Waals surface area contributed by atoms with Crippen LogP contribution in [0.15, 0.2) is 44.7 Å². The molecule has 102 valence electrons. The molecule has 0 fully saturated rings. The van der Waals surface area contributed by atoms with E-state index in [1.54, 1.807) is 0 Å². The number of allylic oxidation sites excluding steroid dienone is 1. The van der Waals surface area contributed by atoms with Crippen molar-refractivity contribution >= 4 is 27.5 Å². The van der Waals surface area contributed by atoms with Crippen LogP contribution in [0.2, 0.25) is 0 Å². The monoisotopic (exact) mass is 336 g/mol. The molecular weight excluding hydrogens is 329 g/mol. The van der Waals surface area contributed by atoms with Crippen molar-refractivity contribution in [2.24, 2.45) is 15.9 Å². The minimum Gasteiger partial charge on any atom is -0.400 e. The van der Waals surface area contributed by atoms with E-state index in [9.17, 15) is 18.1 Å². The molecule has 1 aromatic heterocycles. The molecule has 0 spiro atoms. The molecule has 19 heavy (non-hydrogen) atoms. The van der Waals surface area contributed by atoms with Crippen molar-refractivity contribution in [3.8, 4) is 0 Å². The number of hydrogen-bond acceptors (Lipinski definition) is 5. The summed E-state index contributed by atoms with van der Waals surface area (Å²) in [6.45, 7) is -0.539. The number of nitroso groups, excluding NO2 is 1. The van der Waals surface area contributed by atoms with Crippen molar-refractivity contribution in [2.75, 3.05) is 6.54 Å². The van der Waals surface area contributed by atoms with Crippen LogP contribution < -0.4 is 5.73 Å². The number of rotatable bonds is 4. The number of pyridine rings is 1. The minimum absolute atomic E-state index is 0.126. The third-order valence-corrected chi connectivity index (χ3v) is 2.28. The van der Waals surface area contributed by atoms with Crippen LogP contribution >= 0.6 is 15.9 Å². The Hall–Kier alpha value is -1.77. The number of alkyl halides is 3. The molecule has 1 aromatic rings. The Kier molecular flexibility index (Phi) is 5.16. The van der Waals surface area contributed by atoms with Crippen LogP contribution in [0.5, 0.6) is 0 Å². The van der Waals surface area contributed by atoms with Gasteiger partial charge in [-0.05, 0) is 34.1 Å². The first kappa shape index (κ1) is 15.3. The predicted octanol–water partition coefficient (Wildman–Crippen LogP) is 3.09. The molecule has 0 saturated carbocycles. The Morgan fingerprint density at radius 2 is 2.16 bits per heavy atom. The molecular formula is C10H8BrF3N4O. The van der Waals surface area contributed by atoms with E-state index in [4.69, 9.17) is 5.73 Å². The standard InChI is InChI=1S/C10H8BrF3N4O/c11-6-1-2-9(16-4-6)18-8(10(12,13)14)3-7(15)5-17-19/h1-4H,5,15H2/b7-3-,18-8?. The van der Waals surface area contributed by atoms with Gasteiger partial charge in [-0.15, -0.1) is 0 Å². The first-order valence-electron chi connectivity index (χ1n) is 4.85. The predicted molar refractivity (Wildman–Crippen MR) is 68.0 cm³/mol. The molecule has 9 heteroatoms. The van der Waals surface area contributed by atoms with E-state index in [0.717, 1.165) is 0 Å². The number of nitrogens with zero attached hydrogens (tertiary/aromatic N) is 3. The van der Waals surface area contributed by atoms with Gasteiger partial charge in [-0.2, -0.15) is 18.1 Å². The highest BCUT2D eigenvalue weighted by atomic mass is 79.9. The minimum atomic E-state index is -4.71. The lowest BCUT2D eigenvalue weighted by molar-refractivity contribution is -0.0576. The smallest absolute Gasteiger partial charge is 0.400 e. The van der Waals surface area contributed by atoms with Crippen molar-refractivity contribution in [3.05, 3.63) is 39.5 Å². The Labute approximate surface area is 114 Å². The van der Waals surface area contributed by atoms with Gasteiger partial charge in [0.05, 0.1) is 0 Å². The van der Waals surface area contributed by atoms with Gasteiger partial charge >= 0.3 is 6.18 Å². The van der Waals surface area contributed by atoms with Gasteiger partial charge in [0.15, 0.2) is 5.82 Å². The van der Waals surface area contributed by atoms with Gasteiger partial charge in [0.25, 0.3) is 0 Å². The van der Waals surface area contributed by atoms with E-state index in [2.05, 4.69) is 31.1 Å². The van der Waals surface area contributed by atoms with Gasteiger partial charge in [0.1, 0.15) is 12.3 Å². The third-order valence-electron chi connectivity index (χ3n) is 1.81. The van der Waals surface area contributed by atoms with Crippen molar-refractivity contribution < 1.29 is 13.2 Å². The SMILES string of the molecule is N/C(=C\C(=Nc1ccc(Br)cn1)C(F)(F)F)CN=O. The Morgan fingerprint density at radius 3 is 2.63 bits per heavy atom. The summed E-state index contributed by atoms with van der Waals surface area (Å²) in [5, 5.41) is 2.40. The Balaban J connectivity index is 3.14. The summed E-state index contributed by atoms with van der Waals surface area (Å²) < 4.78 is 38.7. The second kappa shape index (κ2) is 6.41. The second-order valence-electron chi connectivity index (χ2n) is 3.34. The number of aliphatic imine (C=N–C) groups is 1. The molecule has 0 unspecified atom stereocenters. The summed E-state index contributed by atoms with van der Waals surface area (Å²) in [6, 6.07) is 2.80. The fourth-order valence-electron chi connectivity index (χ4n) is 1.03. The van der Waals surface area contributed by atoms with E-state index in [-0.39, 0.29) is 11.5 Å². The van der Waals surface area contributed by atoms with E-state index in [0.29, 0.717) is 10.5 Å². The maximum absolute atomic E-state index is 12.7. The molecule has 0 aliphatic heterocycles. The van der Waals surface area contributed by atoms with Crippen molar-refractivity contribution in [2.45, 2.75) is 6.18 Å². The van der Waals surface area contributed by atoms with E-state index < -0.39 is 18.4 Å². The Bertz CT molecular complexity index is 511. The number of hydrogen-bond donors (Lipinski definition) is 1. The van der Waals surface area contributed by atoms with Gasteiger partial charge in [-0.3, -0.25) is 0 Å². The van der Waals surface area contributed by atoms with Crippen LogP contribution in [-0.4, -0.2) is 23.4 Å². The molecule has 1 rings (SSSR count). The normalized spacial score (nSPS) is 13.5. The molecule has 5 nitrogen and oxygen atoms in total. The van der Waals surface area contributed by atoms with Gasteiger partial charge < -0.3 is 5.73 Å². The molecule has 0 atom stereocenters. The number of aromatic nitrogens is 1. The summed E-state index contributed by atoms with van der Waals surface area (Å²) in [4.78, 5) is 17.0. The molecule has 0 aromatic carbocycles. The Morgan fingerprint density at radius 1 is 1.47 bits per heavy atom. The van der Waals surface area contributed by atoms with Crippen LogP contribution in [0, 0.1) is 4.91 Å². The fourth-order valence-corrected chi connectivity index (χ4v) is 1.27. The summed E-state index contributed by atoms with van der Waals surface area (Å²) >= 11 is 3.10. The highest BCUT2D eigenvalue weighted by molar-refractivity contribution is 9.10. The molecule has 0 amide bonds. The highest BCUT2D eigenvalue weighted by Gasteiger charge is 2.34. The molecule has 0 aliphatic carbocycles. The number of nitrogens with two attached hydrogens (primary N) is 1. The first-order chi connectivity index (χ1) is 8.82. The second-order valence-corrected chi connectivity index (χ2v) is 4.25. The average Bonchev–Trinajstić information content (AvgIpc) is 2.30. The maximum Gasteiger partial charge on any atom is 0.433 e. The highest BCUT2D eigenvalue weighted by Crippen LogP contribution is 2.22. The molecule has 0 saturated heterocycles. The van der Waals surface area contributed by atoms with E-state index in [1.807, 2.05) is 0 Å². The summed E-state index contributed by atoms with van der Waals surface area (Å²) in [5.74, 6) is -0.126.